The van der Waals surface area contributed by atoms with Gasteiger partial charge in [0.1, 0.15) is 11.5 Å². The van der Waals surface area contributed by atoms with Crippen LogP contribution in [0.15, 0.2) is 55.1 Å². The predicted molar refractivity (Wildman–Crippen MR) is 139 cm³/mol. The van der Waals surface area contributed by atoms with E-state index in [0.717, 1.165) is 52.6 Å². The van der Waals surface area contributed by atoms with Crippen LogP contribution in [0, 0.1) is 6.92 Å². The number of hydrogen-bond donors (Lipinski definition) is 3. The molecule has 0 spiro atoms. The molecule has 0 aliphatic rings. The first-order valence-electron chi connectivity index (χ1n) is 11.5. The number of phenolic OH excluding ortho intramolecular Hbond substituents is 2. The number of unbranched alkanes of at least 4 members (excludes halogenated alkanes) is 1. The van der Waals surface area contributed by atoms with Gasteiger partial charge >= 0.3 is 0 Å². The Labute approximate surface area is 197 Å². The summed E-state index contributed by atoms with van der Waals surface area (Å²) in [5, 5.41) is 19.5. The van der Waals surface area contributed by atoms with Crippen molar-refractivity contribution in [3.63, 3.8) is 0 Å². The number of anilines is 1. The number of ketones is 1. The highest BCUT2D eigenvalue weighted by Gasteiger charge is 2.16. The topological polar surface area (TPSA) is 83.6 Å². The lowest BCUT2D eigenvalue weighted by molar-refractivity contribution is 0.0990. The van der Waals surface area contributed by atoms with E-state index in [-0.39, 0.29) is 29.3 Å². The van der Waals surface area contributed by atoms with Crippen molar-refractivity contribution in [1.29, 1.82) is 0 Å². The van der Waals surface area contributed by atoms with Gasteiger partial charge in [-0.05, 0) is 65.8 Å². The average molecular weight is 446 g/mol. The Hall–Kier alpha value is -3.53. The monoisotopic (exact) mass is 445 g/mol. The van der Waals surface area contributed by atoms with Crippen LogP contribution in [-0.4, -0.2) is 16.0 Å². The number of rotatable bonds is 8. The van der Waals surface area contributed by atoms with E-state index in [2.05, 4.69) is 19.6 Å². The Bertz CT molecular complexity index is 1130. The van der Waals surface area contributed by atoms with Crippen molar-refractivity contribution in [2.75, 3.05) is 5.73 Å². The quantitative estimate of drug-likeness (QED) is 0.255. The molecule has 0 aromatic heterocycles. The van der Waals surface area contributed by atoms with Gasteiger partial charge in [0.15, 0.2) is 5.78 Å². The molecule has 0 saturated carbocycles. The maximum absolute atomic E-state index is 12.8. The van der Waals surface area contributed by atoms with Crippen LogP contribution in [0.1, 0.15) is 66.2 Å². The molecule has 3 rings (SSSR count). The van der Waals surface area contributed by atoms with Crippen molar-refractivity contribution in [3.8, 4) is 22.6 Å². The Morgan fingerprint density at radius 1 is 1.03 bits per heavy atom. The molecule has 4 N–H and O–H groups in total. The summed E-state index contributed by atoms with van der Waals surface area (Å²) in [6, 6.07) is 14.2. The number of nitrogen functional groups attached to an aromatic ring is 1. The fraction of sp³-hybridized carbons (Fsp3) is 0.276. The minimum Gasteiger partial charge on any atom is -0.508 e. The first-order valence-corrected chi connectivity index (χ1v) is 11.5. The van der Waals surface area contributed by atoms with Crippen molar-refractivity contribution in [1.82, 2.24) is 0 Å². The zero-order valence-corrected chi connectivity index (χ0v) is 20.1. The SMILES string of the molecule is C=Cc1c(N)ccc(-c2ccc(CC(=O)c3ccc(O)cc3O)c(CCCC)c2)c1C.CC. The fourth-order valence-corrected chi connectivity index (χ4v) is 3.92. The van der Waals surface area contributed by atoms with Gasteiger partial charge in [0.2, 0.25) is 0 Å². The zero-order chi connectivity index (χ0) is 24.5. The number of nitrogens with two attached hydrogens (primary N) is 1. The minimum atomic E-state index is -0.203. The molecule has 0 heterocycles. The van der Waals surface area contributed by atoms with Gasteiger partial charge in [-0.25, -0.2) is 0 Å². The van der Waals surface area contributed by atoms with Crippen LogP contribution in [0.25, 0.3) is 17.2 Å². The molecule has 0 radical (unpaired) electrons. The highest BCUT2D eigenvalue weighted by atomic mass is 16.3. The Morgan fingerprint density at radius 3 is 2.39 bits per heavy atom. The molecule has 174 valence electrons. The van der Waals surface area contributed by atoms with Crippen molar-refractivity contribution in [2.24, 2.45) is 0 Å². The van der Waals surface area contributed by atoms with E-state index in [4.69, 9.17) is 5.73 Å². The lowest BCUT2D eigenvalue weighted by Gasteiger charge is -2.15. The molecule has 33 heavy (non-hydrogen) atoms. The first kappa shape index (κ1) is 25.7. The molecule has 0 unspecified atom stereocenters. The number of Topliss-reactive ketones (excluding diaryl/α,β-unsaturated/α-hetero) is 1. The summed E-state index contributed by atoms with van der Waals surface area (Å²) >= 11 is 0. The van der Waals surface area contributed by atoms with Crippen molar-refractivity contribution >= 4 is 17.5 Å². The van der Waals surface area contributed by atoms with E-state index >= 15 is 0 Å². The molecule has 0 aliphatic carbocycles. The van der Waals surface area contributed by atoms with E-state index < -0.39 is 0 Å². The summed E-state index contributed by atoms with van der Waals surface area (Å²) in [4.78, 5) is 12.8. The molecule has 0 aliphatic heterocycles. The van der Waals surface area contributed by atoms with Gasteiger partial charge < -0.3 is 15.9 Å². The number of carbonyl (C=O) groups excluding carboxylic acids is 1. The molecule has 4 nitrogen and oxygen atoms in total. The number of aromatic hydroxyl groups is 2. The van der Waals surface area contributed by atoms with Crippen LogP contribution in [-0.2, 0) is 12.8 Å². The lowest BCUT2D eigenvalue weighted by Crippen LogP contribution is -2.07. The van der Waals surface area contributed by atoms with Gasteiger partial charge in [-0.2, -0.15) is 0 Å². The number of benzene rings is 3. The van der Waals surface area contributed by atoms with E-state index in [1.54, 1.807) is 6.08 Å². The Balaban J connectivity index is 0.00000187. The van der Waals surface area contributed by atoms with E-state index in [0.29, 0.717) is 5.69 Å². The van der Waals surface area contributed by atoms with E-state index in [1.807, 2.05) is 45.0 Å². The summed E-state index contributed by atoms with van der Waals surface area (Å²) in [6.07, 6.45) is 4.92. The Morgan fingerprint density at radius 2 is 1.76 bits per heavy atom. The van der Waals surface area contributed by atoms with Gasteiger partial charge in [-0.1, -0.05) is 64.1 Å². The van der Waals surface area contributed by atoms with Gasteiger partial charge in [0, 0.05) is 23.7 Å². The molecule has 0 bridgehead atoms. The molecule has 0 amide bonds. The molecule has 0 atom stereocenters. The van der Waals surface area contributed by atoms with Crippen LogP contribution in [0.2, 0.25) is 0 Å². The van der Waals surface area contributed by atoms with Crippen LogP contribution in [0.3, 0.4) is 0 Å². The van der Waals surface area contributed by atoms with E-state index in [9.17, 15) is 15.0 Å². The molecule has 3 aromatic rings. The van der Waals surface area contributed by atoms with Crippen LogP contribution in [0.5, 0.6) is 11.5 Å². The third-order valence-electron chi connectivity index (χ3n) is 5.70. The standard InChI is InChI=1S/C27H29NO3.C2H6/c1-4-6-7-18-14-20(23-12-13-25(28)22(5-2)17(23)3)9-8-19(18)15-26(30)24-11-10-21(29)16-27(24)31;1-2/h5,8-14,16,29,31H,2,4,6-7,15,28H2,1,3H3;1-2H3. The maximum Gasteiger partial charge on any atom is 0.170 e. The third kappa shape index (κ3) is 6.04. The van der Waals surface area contributed by atoms with Crippen molar-refractivity contribution in [2.45, 2.75) is 53.4 Å². The normalized spacial score (nSPS) is 10.3. The minimum absolute atomic E-state index is 0.0696. The third-order valence-corrected chi connectivity index (χ3v) is 5.70. The van der Waals surface area contributed by atoms with E-state index in [1.165, 1.54) is 18.2 Å². The molecule has 3 aromatic carbocycles. The smallest absolute Gasteiger partial charge is 0.170 e. The lowest BCUT2D eigenvalue weighted by atomic mass is 9.89. The van der Waals surface area contributed by atoms with Crippen molar-refractivity contribution in [3.05, 3.63) is 82.9 Å². The molecule has 0 saturated heterocycles. The van der Waals surface area contributed by atoms with Gasteiger partial charge in [0.25, 0.3) is 0 Å². The van der Waals surface area contributed by atoms with Crippen LogP contribution in [0.4, 0.5) is 5.69 Å². The van der Waals surface area contributed by atoms with Crippen molar-refractivity contribution < 1.29 is 15.0 Å². The second kappa shape index (κ2) is 11.9. The van der Waals surface area contributed by atoms with Gasteiger partial charge in [-0.15, -0.1) is 0 Å². The van der Waals surface area contributed by atoms with Gasteiger partial charge in [-0.3, -0.25) is 4.79 Å². The second-order valence-electron chi connectivity index (χ2n) is 7.83. The number of phenols is 2. The molecular weight excluding hydrogens is 410 g/mol. The summed E-state index contributed by atoms with van der Waals surface area (Å²) in [7, 11) is 0. The highest BCUT2D eigenvalue weighted by Crippen LogP contribution is 2.32. The molecule has 4 heteroatoms. The highest BCUT2D eigenvalue weighted by molar-refractivity contribution is 6.00. The Kier molecular flexibility index (Phi) is 9.29. The largest absolute Gasteiger partial charge is 0.508 e. The number of hydrogen-bond acceptors (Lipinski definition) is 4. The summed E-state index contributed by atoms with van der Waals surface area (Å²) in [5.74, 6) is -0.452. The number of carbonyl (C=O) groups is 1. The molecule has 0 fully saturated rings. The maximum atomic E-state index is 12.8. The summed E-state index contributed by atoms with van der Waals surface area (Å²) in [6.45, 7) is 12.1. The fourth-order valence-electron chi connectivity index (χ4n) is 3.92. The van der Waals surface area contributed by atoms with Crippen LogP contribution >= 0.6 is 0 Å². The zero-order valence-electron chi connectivity index (χ0n) is 20.1. The second-order valence-corrected chi connectivity index (χ2v) is 7.83. The molecular formula is C29H35NO3. The summed E-state index contributed by atoms with van der Waals surface area (Å²) in [5.41, 5.74) is 13.3. The first-order chi connectivity index (χ1) is 15.8. The van der Waals surface area contributed by atoms with Gasteiger partial charge in [0.05, 0.1) is 5.56 Å². The average Bonchev–Trinajstić information content (AvgIpc) is 2.80. The number of aryl methyl sites for hydroxylation is 1. The summed E-state index contributed by atoms with van der Waals surface area (Å²) < 4.78 is 0. The van der Waals surface area contributed by atoms with Crippen LogP contribution < -0.4 is 5.73 Å². The predicted octanol–water partition coefficient (Wildman–Crippen LogP) is 7.09.